The van der Waals surface area contributed by atoms with Crippen LogP contribution in [0.1, 0.15) is 16.7 Å². The normalized spacial score (nSPS) is 12.5. The summed E-state index contributed by atoms with van der Waals surface area (Å²) in [5.41, 5.74) is 2.74. The maximum Gasteiger partial charge on any atom is 0.240 e. The molecule has 0 aliphatic rings. The van der Waals surface area contributed by atoms with Crippen molar-refractivity contribution in [3.8, 4) is 0 Å². The Morgan fingerprint density at radius 1 is 0.923 bits per heavy atom. The van der Waals surface area contributed by atoms with Gasteiger partial charge in [-0.25, -0.2) is 21.6 Å². The summed E-state index contributed by atoms with van der Waals surface area (Å²) in [6, 6.07) is 14.1. The van der Waals surface area contributed by atoms with Gasteiger partial charge in [0.2, 0.25) is 20.0 Å². The van der Waals surface area contributed by atoms with Crippen molar-refractivity contribution in [1.29, 1.82) is 0 Å². The first-order valence-corrected chi connectivity index (χ1v) is 11.5. The highest BCUT2D eigenvalue weighted by molar-refractivity contribution is 7.89. The minimum Gasteiger partial charge on any atom is -0.212 e. The zero-order chi connectivity index (χ0) is 19.4. The van der Waals surface area contributed by atoms with E-state index in [1.54, 1.807) is 18.2 Å². The van der Waals surface area contributed by atoms with E-state index in [1.165, 1.54) is 4.31 Å². The zero-order valence-corrected chi connectivity index (χ0v) is 16.8. The van der Waals surface area contributed by atoms with Crippen molar-refractivity contribution in [2.24, 2.45) is 0 Å². The summed E-state index contributed by atoms with van der Waals surface area (Å²) in [6.07, 6.45) is 1.12. The van der Waals surface area contributed by atoms with Gasteiger partial charge in [0.25, 0.3) is 0 Å². The van der Waals surface area contributed by atoms with E-state index in [4.69, 9.17) is 0 Å². The Kier molecular flexibility index (Phi) is 6.57. The fraction of sp³-hybridized carbons (Fsp3) is 0.333. The van der Waals surface area contributed by atoms with Crippen molar-refractivity contribution in [3.63, 3.8) is 0 Å². The summed E-state index contributed by atoms with van der Waals surface area (Å²) in [7, 11) is -7.14. The molecule has 0 aliphatic heterocycles. The molecular formula is C18H24N2O4S2. The Balaban J connectivity index is 2.05. The van der Waals surface area contributed by atoms with Crippen molar-refractivity contribution in [3.05, 3.63) is 65.2 Å². The van der Waals surface area contributed by atoms with Gasteiger partial charge in [-0.3, -0.25) is 0 Å². The van der Waals surface area contributed by atoms with Gasteiger partial charge in [-0.15, -0.1) is 0 Å². The number of nitrogens with one attached hydrogen (secondary N) is 1. The summed E-state index contributed by atoms with van der Waals surface area (Å²) < 4.78 is 52.5. The number of sulfonamides is 2. The first-order chi connectivity index (χ1) is 12.1. The number of benzene rings is 2. The van der Waals surface area contributed by atoms with Gasteiger partial charge < -0.3 is 0 Å². The lowest BCUT2D eigenvalue weighted by atomic mass is 10.1. The topological polar surface area (TPSA) is 83.6 Å². The van der Waals surface area contributed by atoms with Crippen LogP contribution in [-0.2, 0) is 26.6 Å². The molecule has 0 radical (unpaired) electrons. The molecule has 2 rings (SSSR count). The van der Waals surface area contributed by atoms with Gasteiger partial charge in [0, 0.05) is 19.6 Å². The SMILES string of the molecule is Cc1ccc(S(=O)(=O)NCCN(Cc2ccccc2)S(C)(=O)=O)cc1C. The highest BCUT2D eigenvalue weighted by Gasteiger charge is 2.19. The summed E-state index contributed by atoms with van der Waals surface area (Å²) in [6.45, 7) is 4.00. The Bertz CT molecular complexity index is 956. The monoisotopic (exact) mass is 396 g/mol. The van der Waals surface area contributed by atoms with Crippen LogP contribution in [0.3, 0.4) is 0 Å². The fourth-order valence-corrected chi connectivity index (χ4v) is 4.33. The van der Waals surface area contributed by atoms with Gasteiger partial charge in [-0.1, -0.05) is 36.4 Å². The quantitative estimate of drug-likeness (QED) is 0.740. The summed E-state index contributed by atoms with van der Waals surface area (Å²) >= 11 is 0. The third-order valence-electron chi connectivity index (χ3n) is 4.11. The van der Waals surface area contributed by atoms with Crippen molar-refractivity contribution in [2.75, 3.05) is 19.3 Å². The number of hydrogen-bond acceptors (Lipinski definition) is 4. The molecule has 0 atom stereocenters. The van der Waals surface area contributed by atoms with Crippen LogP contribution in [0.15, 0.2) is 53.4 Å². The lowest BCUT2D eigenvalue weighted by Crippen LogP contribution is -2.37. The smallest absolute Gasteiger partial charge is 0.212 e. The maximum atomic E-state index is 12.4. The third kappa shape index (κ3) is 5.63. The Morgan fingerprint density at radius 2 is 1.58 bits per heavy atom. The molecule has 0 amide bonds. The van der Waals surface area contributed by atoms with Crippen molar-refractivity contribution >= 4 is 20.0 Å². The minimum absolute atomic E-state index is 0.00480. The molecule has 142 valence electrons. The molecule has 6 nitrogen and oxygen atoms in total. The highest BCUT2D eigenvalue weighted by atomic mass is 32.2. The van der Waals surface area contributed by atoms with Gasteiger partial charge in [0.05, 0.1) is 11.2 Å². The third-order valence-corrected chi connectivity index (χ3v) is 6.82. The predicted molar refractivity (Wildman–Crippen MR) is 103 cm³/mol. The lowest BCUT2D eigenvalue weighted by Gasteiger charge is -2.20. The van der Waals surface area contributed by atoms with Crippen molar-refractivity contribution in [2.45, 2.75) is 25.3 Å². The van der Waals surface area contributed by atoms with E-state index < -0.39 is 20.0 Å². The second-order valence-electron chi connectivity index (χ2n) is 6.23. The number of hydrogen-bond donors (Lipinski definition) is 1. The van der Waals surface area contributed by atoms with Gasteiger partial charge in [-0.05, 0) is 42.7 Å². The molecule has 0 unspecified atom stereocenters. The van der Waals surface area contributed by atoms with Gasteiger partial charge in [0.1, 0.15) is 0 Å². The minimum atomic E-state index is -3.69. The molecule has 0 fully saturated rings. The molecule has 0 saturated carbocycles. The summed E-state index contributed by atoms with van der Waals surface area (Å²) in [5, 5.41) is 0. The maximum absolute atomic E-state index is 12.4. The molecule has 8 heteroatoms. The van der Waals surface area contributed by atoms with Crippen LogP contribution in [0.4, 0.5) is 0 Å². The van der Waals surface area contributed by atoms with E-state index in [2.05, 4.69) is 4.72 Å². The average Bonchev–Trinajstić information content (AvgIpc) is 2.56. The second kappa shape index (κ2) is 8.30. The molecule has 2 aromatic carbocycles. The van der Waals surface area contributed by atoms with Crippen molar-refractivity contribution < 1.29 is 16.8 Å². The van der Waals surface area contributed by atoms with Crippen LogP contribution in [0.2, 0.25) is 0 Å². The average molecular weight is 397 g/mol. The van der Waals surface area contributed by atoms with Crippen LogP contribution >= 0.6 is 0 Å². The first-order valence-electron chi connectivity index (χ1n) is 8.15. The van der Waals surface area contributed by atoms with E-state index in [9.17, 15) is 16.8 Å². The van der Waals surface area contributed by atoms with Crippen molar-refractivity contribution in [1.82, 2.24) is 9.03 Å². The summed E-state index contributed by atoms with van der Waals surface area (Å²) in [5.74, 6) is 0. The van der Waals surface area contributed by atoms with Gasteiger partial charge in [-0.2, -0.15) is 4.31 Å². The van der Waals surface area contributed by atoms with E-state index in [-0.39, 0.29) is 24.5 Å². The summed E-state index contributed by atoms with van der Waals surface area (Å²) in [4.78, 5) is 0.176. The van der Waals surface area contributed by atoms with E-state index >= 15 is 0 Å². The fourth-order valence-electron chi connectivity index (χ4n) is 2.42. The molecule has 0 saturated heterocycles. The van der Waals surface area contributed by atoms with Crippen LogP contribution in [-0.4, -0.2) is 40.5 Å². The number of rotatable bonds is 8. The molecule has 0 aliphatic carbocycles. The van der Waals surface area contributed by atoms with Crippen LogP contribution in [0, 0.1) is 13.8 Å². The van der Waals surface area contributed by atoms with E-state index in [1.807, 2.05) is 44.2 Å². The lowest BCUT2D eigenvalue weighted by molar-refractivity contribution is 0.412. The van der Waals surface area contributed by atoms with E-state index in [0.717, 1.165) is 22.9 Å². The molecule has 2 aromatic rings. The largest absolute Gasteiger partial charge is 0.240 e. The Labute approximate surface area is 156 Å². The first kappa shape index (κ1) is 20.6. The van der Waals surface area contributed by atoms with Crippen LogP contribution in [0.25, 0.3) is 0 Å². The molecule has 0 bridgehead atoms. The molecule has 0 spiro atoms. The zero-order valence-electron chi connectivity index (χ0n) is 15.1. The molecule has 0 aromatic heterocycles. The standard InChI is InChI=1S/C18H24N2O4S2/c1-15-9-10-18(13-16(15)2)26(23,24)19-11-12-20(25(3,21)22)14-17-7-5-4-6-8-17/h4-10,13,19H,11-12,14H2,1-3H3. The molecular weight excluding hydrogens is 372 g/mol. The Morgan fingerprint density at radius 3 is 2.15 bits per heavy atom. The number of nitrogens with zero attached hydrogens (tertiary/aromatic N) is 1. The van der Waals surface area contributed by atoms with E-state index in [0.29, 0.717) is 0 Å². The van der Waals surface area contributed by atoms with Gasteiger partial charge in [0.15, 0.2) is 0 Å². The molecule has 26 heavy (non-hydrogen) atoms. The number of aryl methyl sites for hydroxylation is 2. The van der Waals surface area contributed by atoms with Gasteiger partial charge >= 0.3 is 0 Å². The van der Waals surface area contributed by atoms with Crippen LogP contribution in [0.5, 0.6) is 0 Å². The Hall–Kier alpha value is -1.74. The second-order valence-corrected chi connectivity index (χ2v) is 9.98. The van der Waals surface area contributed by atoms with Crippen LogP contribution < -0.4 is 4.72 Å². The highest BCUT2D eigenvalue weighted by Crippen LogP contribution is 2.14. The molecule has 1 N–H and O–H groups in total. The molecule has 0 heterocycles. The predicted octanol–water partition coefficient (Wildman–Crippen LogP) is 2.04.